The number of carbonyl (C=O) groups excluding carboxylic acids is 1. The van der Waals surface area contributed by atoms with E-state index in [2.05, 4.69) is 20.8 Å². The van der Waals surface area contributed by atoms with Crippen molar-refractivity contribution in [1.82, 2.24) is 0 Å². The molecule has 3 aromatic carbocycles. The highest BCUT2D eigenvalue weighted by molar-refractivity contribution is 5.99. The van der Waals surface area contributed by atoms with Crippen molar-refractivity contribution >= 4 is 23.5 Å². The van der Waals surface area contributed by atoms with Crippen molar-refractivity contribution in [3.05, 3.63) is 88.5 Å². The van der Waals surface area contributed by atoms with Gasteiger partial charge in [-0.3, -0.25) is 10.2 Å². The number of benzene rings is 3. The van der Waals surface area contributed by atoms with E-state index in [9.17, 15) is 9.90 Å². The number of hydrogen-bond donors (Lipinski definition) is 2. The zero-order valence-corrected chi connectivity index (χ0v) is 16.5. The topological polar surface area (TPSA) is 86.4 Å². The molecule has 0 amide bonds. The minimum absolute atomic E-state index is 0.130. The molecule has 2 N–H and O–H groups in total. The van der Waals surface area contributed by atoms with Crippen LogP contribution in [0, 0.1) is 20.8 Å². The predicted octanol–water partition coefficient (Wildman–Crippen LogP) is 5.69. The molecule has 0 unspecified atom stereocenters. The van der Waals surface area contributed by atoms with Gasteiger partial charge in [0, 0.05) is 11.1 Å². The number of aldehydes is 1. The Bertz CT molecular complexity index is 1090. The van der Waals surface area contributed by atoms with Crippen molar-refractivity contribution in [2.75, 3.05) is 5.43 Å². The fourth-order valence-corrected chi connectivity index (χ4v) is 2.83. The van der Waals surface area contributed by atoms with Crippen molar-refractivity contribution < 1.29 is 9.90 Å². The van der Waals surface area contributed by atoms with Crippen molar-refractivity contribution in [2.45, 2.75) is 20.8 Å². The summed E-state index contributed by atoms with van der Waals surface area (Å²) in [5.74, 6) is 0.452. The van der Waals surface area contributed by atoms with E-state index in [-0.39, 0.29) is 5.75 Å². The molecule has 0 atom stereocenters. The molecular weight excluding hydrogens is 364 g/mol. The summed E-state index contributed by atoms with van der Waals surface area (Å²) in [6.45, 7) is 5.69. The normalized spacial score (nSPS) is 11.6. The van der Waals surface area contributed by atoms with Gasteiger partial charge in [0.2, 0.25) is 5.84 Å². The van der Waals surface area contributed by atoms with E-state index in [4.69, 9.17) is 0 Å². The molecule has 3 rings (SSSR count). The monoisotopic (exact) mass is 386 g/mol. The van der Waals surface area contributed by atoms with Gasteiger partial charge in [0.05, 0.1) is 11.4 Å². The van der Waals surface area contributed by atoms with E-state index in [1.807, 2.05) is 63.2 Å². The summed E-state index contributed by atoms with van der Waals surface area (Å²) >= 11 is 0. The third-order valence-electron chi connectivity index (χ3n) is 4.32. The van der Waals surface area contributed by atoms with Crippen LogP contribution in [0.25, 0.3) is 0 Å². The largest absolute Gasteiger partial charge is 0.505 e. The first-order valence-corrected chi connectivity index (χ1v) is 9.15. The van der Waals surface area contributed by atoms with Crippen LogP contribution in [0.4, 0.5) is 11.4 Å². The number of nitrogens with zero attached hydrogens (tertiary/aromatic N) is 3. The van der Waals surface area contributed by atoms with E-state index < -0.39 is 0 Å². The van der Waals surface area contributed by atoms with Gasteiger partial charge in [0.15, 0.2) is 6.29 Å². The summed E-state index contributed by atoms with van der Waals surface area (Å²) in [5.41, 5.74) is 7.75. The van der Waals surface area contributed by atoms with E-state index in [1.54, 1.807) is 18.2 Å². The fourth-order valence-electron chi connectivity index (χ4n) is 2.83. The number of anilines is 1. The number of rotatable bonds is 5. The Balaban J connectivity index is 1.99. The number of azo groups is 1. The third-order valence-corrected chi connectivity index (χ3v) is 4.32. The van der Waals surface area contributed by atoms with Crippen LogP contribution in [-0.2, 0) is 0 Å². The Kier molecular flexibility index (Phi) is 6.14. The number of phenolic OH excluding ortho intramolecular Hbond substituents is 1. The van der Waals surface area contributed by atoms with Crippen LogP contribution < -0.4 is 5.43 Å². The van der Waals surface area contributed by atoms with Crippen LogP contribution in [-0.4, -0.2) is 17.2 Å². The number of aryl methyl sites for hydroxylation is 3. The minimum atomic E-state index is 0.130. The second-order valence-electron chi connectivity index (χ2n) is 6.77. The van der Waals surface area contributed by atoms with E-state index in [1.165, 1.54) is 0 Å². The number of aromatic hydroxyl groups is 1. The van der Waals surface area contributed by atoms with Gasteiger partial charge in [-0.15, -0.1) is 10.2 Å². The van der Waals surface area contributed by atoms with Gasteiger partial charge < -0.3 is 5.11 Å². The van der Waals surface area contributed by atoms with Crippen LogP contribution in [0.2, 0.25) is 0 Å². The first-order valence-electron chi connectivity index (χ1n) is 9.15. The number of phenols is 1. The van der Waals surface area contributed by atoms with Crippen LogP contribution in [0.1, 0.15) is 32.6 Å². The molecule has 3 aromatic rings. The van der Waals surface area contributed by atoms with Crippen molar-refractivity contribution in [1.29, 1.82) is 0 Å². The van der Waals surface area contributed by atoms with Crippen molar-refractivity contribution in [3.8, 4) is 5.75 Å². The zero-order valence-electron chi connectivity index (χ0n) is 16.5. The summed E-state index contributed by atoms with van der Waals surface area (Å²) < 4.78 is 0. The summed E-state index contributed by atoms with van der Waals surface area (Å²) in [6, 6.07) is 18.4. The average molecular weight is 386 g/mol. The molecule has 6 heteroatoms. The number of hydrogen-bond acceptors (Lipinski definition) is 5. The van der Waals surface area contributed by atoms with Gasteiger partial charge in [0.1, 0.15) is 5.75 Å². The maximum atomic E-state index is 11.3. The molecule has 29 heavy (non-hydrogen) atoms. The molecule has 0 heterocycles. The molecule has 0 aliphatic heterocycles. The van der Waals surface area contributed by atoms with Crippen molar-refractivity contribution in [2.24, 2.45) is 15.3 Å². The van der Waals surface area contributed by atoms with Gasteiger partial charge in [-0.25, -0.2) is 0 Å². The molecular formula is C23H22N4O2. The second kappa shape index (κ2) is 8.93. The third kappa shape index (κ3) is 4.93. The van der Waals surface area contributed by atoms with Crippen LogP contribution in [0.3, 0.4) is 0 Å². The fraction of sp³-hybridized carbons (Fsp3) is 0.130. The Morgan fingerprint density at radius 1 is 0.966 bits per heavy atom. The lowest BCUT2D eigenvalue weighted by molar-refractivity contribution is 0.112. The summed E-state index contributed by atoms with van der Waals surface area (Å²) in [7, 11) is 0. The molecule has 0 aliphatic rings. The smallest absolute Gasteiger partial charge is 0.201 e. The molecule has 0 fully saturated rings. The van der Waals surface area contributed by atoms with Crippen molar-refractivity contribution in [3.63, 3.8) is 0 Å². The van der Waals surface area contributed by atoms with Crippen LogP contribution in [0.15, 0.2) is 76.0 Å². The molecule has 0 spiro atoms. The molecule has 0 aliphatic carbocycles. The molecule has 0 aromatic heterocycles. The number of nitrogens with one attached hydrogen (secondary N) is 1. The van der Waals surface area contributed by atoms with E-state index in [0.29, 0.717) is 22.8 Å². The standard InChI is InChI=1S/C23H22N4O2/c1-15-9-10-19(14-28)20(12-15)24-26-23(18-7-5-4-6-8-18)27-25-21-13-16(2)11-17(3)22(21)29/h4-14,25,29H,1-3H3/b26-24?,27-23-. The van der Waals surface area contributed by atoms with Gasteiger partial charge in [-0.1, -0.05) is 42.5 Å². The molecule has 146 valence electrons. The Morgan fingerprint density at radius 3 is 2.45 bits per heavy atom. The lowest BCUT2D eigenvalue weighted by Crippen LogP contribution is -2.02. The average Bonchev–Trinajstić information content (AvgIpc) is 2.72. The number of hydrazone groups is 1. The van der Waals surface area contributed by atoms with Gasteiger partial charge in [-0.05, 0) is 55.7 Å². The zero-order chi connectivity index (χ0) is 20.8. The lowest BCUT2D eigenvalue weighted by atomic mass is 10.1. The highest BCUT2D eigenvalue weighted by Gasteiger charge is 2.08. The molecule has 0 saturated heterocycles. The number of carbonyl (C=O) groups is 1. The maximum absolute atomic E-state index is 11.3. The lowest BCUT2D eigenvalue weighted by Gasteiger charge is -2.09. The first kappa shape index (κ1) is 19.9. The highest BCUT2D eigenvalue weighted by atomic mass is 16.3. The molecule has 0 bridgehead atoms. The molecule has 6 nitrogen and oxygen atoms in total. The van der Waals surface area contributed by atoms with E-state index >= 15 is 0 Å². The first-order chi connectivity index (χ1) is 14.0. The Morgan fingerprint density at radius 2 is 1.72 bits per heavy atom. The second-order valence-corrected chi connectivity index (χ2v) is 6.77. The van der Waals surface area contributed by atoms with Gasteiger partial charge in [0.25, 0.3) is 0 Å². The summed E-state index contributed by atoms with van der Waals surface area (Å²) in [6.07, 6.45) is 0.749. The number of amidine groups is 1. The van der Waals surface area contributed by atoms with Gasteiger partial charge >= 0.3 is 0 Å². The SMILES string of the molecule is Cc1ccc(C=O)c(N=N/C(=N\Nc2cc(C)cc(C)c2O)c2ccccc2)c1. The quantitative estimate of drug-likeness (QED) is 0.147. The molecule has 0 saturated carbocycles. The van der Waals surface area contributed by atoms with Crippen LogP contribution in [0.5, 0.6) is 5.75 Å². The maximum Gasteiger partial charge on any atom is 0.201 e. The highest BCUT2D eigenvalue weighted by Crippen LogP contribution is 2.29. The van der Waals surface area contributed by atoms with E-state index in [0.717, 1.165) is 28.5 Å². The Hall–Kier alpha value is -3.80. The predicted molar refractivity (Wildman–Crippen MR) is 115 cm³/mol. The Labute approximate surface area is 169 Å². The summed E-state index contributed by atoms with van der Waals surface area (Å²) in [4.78, 5) is 11.3. The summed E-state index contributed by atoms with van der Waals surface area (Å²) in [5, 5.41) is 23.2. The van der Waals surface area contributed by atoms with Gasteiger partial charge in [-0.2, -0.15) is 5.10 Å². The van der Waals surface area contributed by atoms with Crippen LogP contribution >= 0.6 is 0 Å². The minimum Gasteiger partial charge on any atom is -0.505 e. The molecule has 0 radical (unpaired) electrons.